The van der Waals surface area contributed by atoms with Gasteiger partial charge in [-0.3, -0.25) is 0 Å². The van der Waals surface area contributed by atoms with Crippen LogP contribution in [-0.4, -0.2) is 25.7 Å². The van der Waals surface area contributed by atoms with E-state index in [1.807, 2.05) is 0 Å². The number of hydrogen-bond donors (Lipinski definition) is 2. The molecule has 0 saturated carbocycles. The Morgan fingerprint density at radius 1 is 1.28 bits per heavy atom. The van der Waals surface area contributed by atoms with Crippen LogP contribution in [0.25, 0.3) is 0 Å². The smallest absolute Gasteiger partial charge is 0.145 e. The van der Waals surface area contributed by atoms with Crippen LogP contribution in [0.15, 0.2) is 12.1 Å². The normalized spacial score (nSPS) is 20.1. The Labute approximate surface area is 107 Å². The summed E-state index contributed by atoms with van der Waals surface area (Å²) in [7, 11) is 0. The molecule has 98 valence electrons. The number of benzene rings is 1. The summed E-state index contributed by atoms with van der Waals surface area (Å²) < 4.78 is 19.3. The average Bonchev–Trinajstić information content (AvgIpc) is 2.40. The molecule has 0 radical (unpaired) electrons. The van der Waals surface area contributed by atoms with Crippen LogP contribution >= 0.6 is 0 Å². The summed E-state index contributed by atoms with van der Waals surface area (Å²) in [5, 5.41) is 6.77. The van der Waals surface area contributed by atoms with Crippen molar-refractivity contribution in [1.82, 2.24) is 5.32 Å². The minimum atomic E-state index is -0.171. The average molecular weight is 250 g/mol. The van der Waals surface area contributed by atoms with E-state index < -0.39 is 0 Å². The number of fused-ring (bicyclic) bond motifs is 1. The summed E-state index contributed by atoms with van der Waals surface area (Å²) in [4.78, 5) is 0. The van der Waals surface area contributed by atoms with Gasteiger partial charge >= 0.3 is 0 Å². The van der Waals surface area contributed by atoms with Crippen LogP contribution in [0.2, 0.25) is 0 Å². The first-order chi connectivity index (χ1) is 8.83. The highest BCUT2D eigenvalue weighted by molar-refractivity contribution is 5.61. The molecule has 0 aliphatic carbocycles. The molecule has 1 aromatic rings. The molecule has 18 heavy (non-hydrogen) atoms. The Balaban J connectivity index is 1.83. The van der Waals surface area contributed by atoms with Gasteiger partial charge in [0.05, 0.1) is 12.3 Å². The molecular weight excluding hydrogens is 231 g/mol. The molecule has 2 N–H and O–H groups in total. The number of hydrogen-bond acceptors (Lipinski definition) is 3. The van der Waals surface area contributed by atoms with Gasteiger partial charge in [-0.05, 0) is 50.4 Å². The third-order valence-corrected chi connectivity index (χ3v) is 3.67. The Morgan fingerprint density at radius 2 is 2.11 bits per heavy atom. The zero-order valence-corrected chi connectivity index (χ0v) is 10.5. The van der Waals surface area contributed by atoms with Crippen LogP contribution in [0.5, 0.6) is 5.75 Å². The molecule has 0 spiro atoms. The summed E-state index contributed by atoms with van der Waals surface area (Å²) in [5.41, 5.74) is 1.83. The standard InChI is InChI=1S/C14H19FN2O/c15-11-8-10-2-1-7-18-14(10)13(9-11)17-12-3-5-16-6-4-12/h8-9,12,16-17H,1-7H2. The fraction of sp³-hybridized carbons (Fsp3) is 0.571. The number of halogens is 1. The zero-order chi connectivity index (χ0) is 12.4. The van der Waals surface area contributed by atoms with Gasteiger partial charge in [-0.1, -0.05) is 0 Å². The van der Waals surface area contributed by atoms with Crippen molar-refractivity contribution in [2.45, 2.75) is 31.7 Å². The molecule has 1 saturated heterocycles. The zero-order valence-electron chi connectivity index (χ0n) is 10.5. The van der Waals surface area contributed by atoms with Gasteiger partial charge < -0.3 is 15.4 Å². The lowest BCUT2D eigenvalue weighted by molar-refractivity contribution is 0.288. The summed E-state index contributed by atoms with van der Waals surface area (Å²) >= 11 is 0. The highest BCUT2D eigenvalue weighted by atomic mass is 19.1. The maximum absolute atomic E-state index is 13.6. The summed E-state index contributed by atoms with van der Waals surface area (Å²) in [6, 6.07) is 3.58. The maximum atomic E-state index is 13.6. The number of rotatable bonds is 2. The molecule has 1 fully saturated rings. The predicted molar refractivity (Wildman–Crippen MR) is 69.7 cm³/mol. The summed E-state index contributed by atoms with van der Waals surface area (Å²) in [6.45, 7) is 2.78. The van der Waals surface area contributed by atoms with Crippen LogP contribution in [0.4, 0.5) is 10.1 Å². The van der Waals surface area contributed by atoms with E-state index in [1.54, 1.807) is 12.1 Å². The lowest BCUT2D eigenvalue weighted by Gasteiger charge is -2.27. The molecule has 4 heteroatoms. The fourth-order valence-electron chi connectivity index (χ4n) is 2.74. The SMILES string of the molecule is Fc1cc2c(c(NC3CCNCC3)c1)OCCC2. The molecule has 0 bridgehead atoms. The van der Waals surface area contributed by atoms with Crippen LogP contribution in [0.3, 0.4) is 0 Å². The van der Waals surface area contributed by atoms with Crippen LogP contribution in [0.1, 0.15) is 24.8 Å². The van der Waals surface area contributed by atoms with Crippen molar-refractivity contribution in [3.8, 4) is 5.75 Å². The molecule has 0 aromatic heterocycles. The van der Waals surface area contributed by atoms with E-state index in [1.165, 1.54) is 0 Å². The predicted octanol–water partition coefficient (Wildman–Crippen LogP) is 2.31. The Kier molecular flexibility index (Phi) is 3.37. The molecule has 2 aliphatic heterocycles. The number of aryl methyl sites for hydroxylation is 1. The van der Waals surface area contributed by atoms with Gasteiger partial charge in [0.2, 0.25) is 0 Å². The lowest BCUT2D eigenvalue weighted by Crippen LogP contribution is -2.35. The van der Waals surface area contributed by atoms with Gasteiger partial charge in [-0.2, -0.15) is 0 Å². The van der Waals surface area contributed by atoms with Crippen molar-refractivity contribution in [2.24, 2.45) is 0 Å². The highest BCUT2D eigenvalue weighted by Gasteiger charge is 2.19. The first-order valence-electron chi connectivity index (χ1n) is 6.75. The molecule has 2 aliphatic rings. The van der Waals surface area contributed by atoms with E-state index in [9.17, 15) is 4.39 Å². The molecule has 2 heterocycles. The van der Waals surface area contributed by atoms with Crippen LogP contribution < -0.4 is 15.4 Å². The first kappa shape index (κ1) is 11.8. The maximum Gasteiger partial charge on any atom is 0.145 e. The molecule has 3 rings (SSSR count). The number of anilines is 1. The minimum Gasteiger partial charge on any atom is -0.491 e. The Bertz CT molecular complexity index is 430. The fourth-order valence-corrected chi connectivity index (χ4v) is 2.74. The van der Waals surface area contributed by atoms with E-state index in [4.69, 9.17) is 4.74 Å². The van der Waals surface area contributed by atoms with E-state index in [0.717, 1.165) is 62.4 Å². The molecule has 1 aromatic carbocycles. The summed E-state index contributed by atoms with van der Waals surface area (Å²) in [5.74, 6) is 0.692. The summed E-state index contributed by atoms with van der Waals surface area (Å²) in [6.07, 6.45) is 4.04. The third kappa shape index (κ3) is 2.43. The minimum absolute atomic E-state index is 0.171. The van der Waals surface area contributed by atoms with Gasteiger partial charge in [0.25, 0.3) is 0 Å². The van der Waals surface area contributed by atoms with E-state index in [-0.39, 0.29) is 5.82 Å². The molecule has 0 amide bonds. The second-order valence-corrected chi connectivity index (χ2v) is 5.06. The van der Waals surface area contributed by atoms with Crippen molar-refractivity contribution in [3.63, 3.8) is 0 Å². The first-order valence-corrected chi connectivity index (χ1v) is 6.75. The lowest BCUT2D eigenvalue weighted by atomic mass is 10.0. The van der Waals surface area contributed by atoms with Crippen molar-refractivity contribution in [1.29, 1.82) is 0 Å². The van der Waals surface area contributed by atoms with Gasteiger partial charge in [0.15, 0.2) is 0 Å². The molecular formula is C14H19FN2O. The van der Waals surface area contributed by atoms with E-state index in [0.29, 0.717) is 6.04 Å². The quantitative estimate of drug-likeness (QED) is 0.845. The second kappa shape index (κ2) is 5.14. The second-order valence-electron chi connectivity index (χ2n) is 5.06. The largest absolute Gasteiger partial charge is 0.491 e. The van der Waals surface area contributed by atoms with Crippen LogP contribution in [0, 0.1) is 5.82 Å². The van der Waals surface area contributed by atoms with Crippen LogP contribution in [-0.2, 0) is 6.42 Å². The van der Waals surface area contributed by atoms with Gasteiger partial charge in [-0.25, -0.2) is 4.39 Å². The van der Waals surface area contributed by atoms with Gasteiger partial charge in [0, 0.05) is 12.1 Å². The van der Waals surface area contributed by atoms with Crippen molar-refractivity contribution in [2.75, 3.05) is 25.0 Å². The topological polar surface area (TPSA) is 33.3 Å². The third-order valence-electron chi connectivity index (χ3n) is 3.67. The van der Waals surface area contributed by atoms with Gasteiger partial charge in [0.1, 0.15) is 11.6 Å². The Hall–Kier alpha value is -1.29. The number of piperidine rings is 1. The monoisotopic (exact) mass is 250 g/mol. The van der Waals surface area contributed by atoms with E-state index >= 15 is 0 Å². The number of ether oxygens (including phenoxy) is 1. The van der Waals surface area contributed by atoms with Gasteiger partial charge in [-0.15, -0.1) is 0 Å². The highest BCUT2D eigenvalue weighted by Crippen LogP contribution is 2.35. The van der Waals surface area contributed by atoms with Crippen molar-refractivity contribution >= 4 is 5.69 Å². The van der Waals surface area contributed by atoms with E-state index in [2.05, 4.69) is 10.6 Å². The molecule has 0 atom stereocenters. The number of nitrogens with one attached hydrogen (secondary N) is 2. The van der Waals surface area contributed by atoms with Crippen molar-refractivity contribution in [3.05, 3.63) is 23.5 Å². The molecule has 3 nitrogen and oxygen atoms in total. The van der Waals surface area contributed by atoms with Crippen molar-refractivity contribution < 1.29 is 9.13 Å². The molecule has 0 unspecified atom stereocenters. The Morgan fingerprint density at radius 3 is 2.94 bits per heavy atom.